The van der Waals surface area contributed by atoms with Gasteiger partial charge in [0.15, 0.2) is 11.5 Å². The van der Waals surface area contributed by atoms with Gasteiger partial charge in [-0.2, -0.15) is 0 Å². The molecule has 6 heteroatoms. The van der Waals surface area contributed by atoms with E-state index >= 15 is 0 Å². The highest BCUT2D eigenvalue weighted by Crippen LogP contribution is 2.41. The van der Waals surface area contributed by atoms with Gasteiger partial charge in [0.2, 0.25) is 0 Å². The van der Waals surface area contributed by atoms with Crippen LogP contribution in [0.1, 0.15) is 21.5 Å². The summed E-state index contributed by atoms with van der Waals surface area (Å²) in [5, 5.41) is 0. The van der Waals surface area contributed by atoms with Crippen LogP contribution in [0.4, 0.5) is 5.69 Å². The fraction of sp³-hybridized carbons (Fsp3) is 0.0909. The molecule has 1 heterocycles. The minimum absolute atomic E-state index is 0.396. The second kappa shape index (κ2) is 7.40. The largest absolute Gasteiger partial charge is 0.465 e. The lowest BCUT2D eigenvalue weighted by atomic mass is 10.00. The van der Waals surface area contributed by atoms with Crippen molar-refractivity contribution in [1.29, 1.82) is 0 Å². The summed E-state index contributed by atoms with van der Waals surface area (Å²) in [7, 11) is 0.123. The van der Waals surface area contributed by atoms with E-state index in [0.717, 1.165) is 11.1 Å². The van der Waals surface area contributed by atoms with Crippen molar-refractivity contribution in [2.24, 2.45) is 4.99 Å². The van der Waals surface area contributed by atoms with Crippen LogP contribution in [-0.2, 0) is 15.5 Å². The first-order chi connectivity index (χ1) is 13.6. The molecule has 3 aromatic carbocycles. The van der Waals surface area contributed by atoms with Crippen LogP contribution in [0.3, 0.4) is 0 Å². The predicted molar refractivity (Wildman–Crippen MR) is 108 cm³/mol. The van der Waals surface area contributed by atoms with E-state index in [0.29, 0.717) is 33.4 Å². The van der Waals surface area contributed by atoms with Crippen molar-refractivity contribution in [3.8, 4) is 11.5 Å². The Morgan fingerprint density at radius 3 is 2.46 bits per heavy atom. The highest BCUT2D eigenvalue weighted by molar-refractivity contribution is 7.84. The van der Waals surface area contributed by atoms with Gasteiger partial charge in [0.1, 0.15) is 5.69 Å². The van der Waals surface area contributed by atoms with Crippen molar-refractivity contribution in [3.05, 3.63) is 83.4 Å². The first-order valence-electron chi connectivity index (χ1n) is 8.59. The topological polar surface area (TPSA) is 65.0 Å². The van der Waals surface area contributed by atoms with Gasteiger partial charge in [-0.3, -0.25) is 4.21 Å². The third kappa shape index (κ3) is 3.23. The molecule has 28 heavy (non-hydrogen) atoms. The third-order valence-corrected chi connectivity index (χ3v) is 5.37. The Morgan fingerprint density at radius 1 is 1.00 bits per heavy atom. The van der Waals surface area contributed by atoms with Gasteiger partial charge in [-0.15, -0.1) is 0 Å². The summed E-state index contributed by atoms with van der Waals surface area (Å²) < 4.78 is 23.2. The summed E-state index contributed by atoms with van der Waals surface area (Å²) in [5.41, 5.74) is 3.38. The van der Waals surface area contributed by atoms with Crippen molar-refractivity contribution in [3.63, 3.8) is 0 Å². The summed E-state index contributed by atoms with van der Waals surface area (Å²) in [6.45, 7) is 0. The maximum Gasteiger partial charge on any atom is 0.337 e. The standard InChI is InChI=1S/C22H17NO4S/c1-26-22(24)15-12-10-14(11-13-15)20-16-6-5-9-19(28(2)25)21(16)27-18-8-4-3-7-17(18)23-20/h3-13H,1-2H3. The number of aliphatic imine (C=N–C) groups is 1. The predicted octanol–water partition coefficient (Wildman–Crippen LogP) is 4.49. The number of esters is 1. The first-order valence-corrected chi connectivity index (χ1v) is 10.2. The molecule has 3 aromatic rings. The summed E-state index contributed by atoms with van der Waals surface area (Å²) in [4.78, 5) is 17.2. The number of ether oxygens (including phenoxy) is 2. The molecule has 4 rings (SSSR count). The highest BCUT2D eigenvalue weighted by Gasteiger charge is 2.23. The van der Waals surface area contributed by atoms with E-state index in [1.54, 1.807) is 24.5 Å². The van der Waals surface area contributed by atoms with Crippen LogP contribution in [0, 0.1) is 0 Å². The van der Waals surface area contributed by atoms with Gasteiger partial charge >= 0.3 is 5.97 Å². The van der Waals surface area contributed by atoms with Crippen LogP contribution in [0.15, 0.2) is 76.6 Å². The molecule has 1 atom stereocenters. The number of carbonyl (C=O) groups excluding carboxylic acids is 1. The fourth-order valence-electron chi connectivity index (χ4n) is 3.06. The van der Waals surface area contributed by atoms with Crippen LogP contribution in [0.25, 0.3) is 0 Å². The van der Waals surface area contributed by atoms with Crippen molar-refractivity contribution >= 4 is 28.2 Å². The Kier molecular flexibility index (Phi) is 4.79. The first kappa shape index (κ1) is 18.1. The molecule has 5 nitrogen and oxygen atoms in total. The lowest BCUT2D eigenvalue weighted by molar-refractivity contribution is 0.0600. The number of nitrogens with zero attached hydrogens (tertiary/aromatic N) is 1. The zero-order valence-electron chi connectivity index (χ0n) is 15.3. The Hall–Kier alpha value is -3.25. The number of benzene rings is 3. The molecule has 0 radical (unpaired) electrons. The maximum absolute atomic E-state index is 12.3. The van der Waals surface area contributed by atoms with E-state index in [4.69, 9.17) is 14.5 Å². The van der Waals surface area contributed by atoms with Gasteiger partial charge in [0.05, 0.1) is 34.1 Å². The molecule has 0 amide bonds. The second-order valence-corrected chi connectivity index (χ2v) is 7.53. The monoisotopic (exact) mass is 391 g/mol. The Labute approximate surface area is 165 Å². The lowest BCUT2D eigenvalue weighted by Gasteiger charge is -2.13. The Morgan fingerprint density at radius 2 is 1.75 bits per heavy atom. The van der Waals surface area contributed by atoms with E-state index in [-0.39, 0.29) is 0 Å². The van der Waals surface area contributed by atoms with E-state index in [1.165, 1.54) is 7.11 Å². The summed E-state index contributed by atoms with van der Waals surface area (Å²) >= 11 is 0. The molecule has 1 unspecified atom stereocenters. The molecule has 0 N–H and O–H groups in total. The number of para-hydroxylation sites is 3. The molecule has 0 saturated carbocycles. The summed E-state index contributed by atoms with van der Waals surface area (Å²) in [5.74, 6) is 0.735. The van der Waals surface area contributed by atoms with Gasteiger partial charge in [-0.25, -0.2) is 9.79 Å². The molecular weight excluding hydrogens is 374 g/mol. The van der Waals surface area contributed by atoms with Crippen LogP contribution in [-0.4, -0.2) is 29.3 Å². The molecule has 0 saturated heterocycles. The molecule has 0 fully saturated rings. The number of carbonyl (C=O) groups is 1. The van der Waals surface area contributed by atoms with Crippen LogP contribution >= 0.6 is 0 Å². The number of rotatable bonds is 3. The highest BCUT2D eigenvalue weighted by atomic mass is 32.2. The van der Waals surface area contributed by atoms with E-state index in [1.807, 2.05) is 48.5 Å². The molecule has 0 spiro atoms. The van der Waals surface area contributed by atoms with Gasteiger partial charge in [0, 0.05) is 17.4 Å². The average molecular weight is 391 g/mol. The third-order valence-electron chi connectivity index (χ3n) is 4.43. The fourth-order valence-corrected chi connectivity index (χ4v) is 3.75. The zero-order chi connectivity index (χ0) is 19.7. The zero-order valence-corrected chi connectivity index (χ0v) is 16.2. The second-order valence-electron chi connectivity index (χ2n) is 6.19. The SMILES string of the molecule is COC(=O)c1ccc(C2=Nc3ccccc3Oc3c2cccc3S(C)=O)cc1. The minimum atomic E-state index is -1.23. The molecule has 0 aromatic heterocycles. The molecule has 0 aliphatic carbocycles. The number of fused-ring (bicyclic) bond motifs is 2. The average Bonchev–Trinajstić information content (AvgIpc) is 2.89. The molecule has 1 aliphatic rings. The molecule has 140 valence electrons. The summed E-state index contributed by atoms with van der Waals surface area (Å²) in [6.07, 6.45) is 1.62. The van der Waals surface area contributed by atoms with Crippen molar-refractivity contribution in [2.75, 3.05) is 13.4 Å². The van der Waals surface area contributed by atoms with Crippen molar-refractivity contribution < 1.29 is 18.5 Å². The van der Waals surface area contributed by atoms with E-state index in [9.17, 15) is 9.00 Å². The van der Waals surface area contributed by atoms with Gasteiger partial charge in [-0.1, -0.05) is 30.3 Å². The van der Waals surface area contributed by atoms with Gasteiger partial charge in [0.25, 0.3) is 0 Å². The van der Waals surface area contributed by atoms with Gasteiger partial charge in [-0.05, 0) is 36.4 Å². The van der Waals surface area contributed by atoms with E-state index in [2.05, 4.69) is 0 Å². The van der Waals surface area contributed by atoms with Crippen molar-refractivity contribution in [1.82, 2.24) is 0 Å². The normalized spacial score (nSPS) is 13.3. The number of hydrogen-bond donors (Lipinski definition) is 0. The molecular formula is C22H17NO4S. The Bertz CT molecular complexity index is 1120. The van der Waals surface area contributed by atoms with Crippen LogP contribution in [0.5, 0.6) is 11.5 Å². The maximum atomic E-state index is 12.3. The quantitative estimate of drug-likeness (QED) is 0.483. The van der Waals surface area contributed by atoms with E-state index < -0.39 is 16.8 Å². The minimum Gasteiger partial charge on any atom is -0.465 e. The Balaban J connectivity index is 1.93. The van der Waals surface area contributed by atoms with Crippen LogP contribution < -0.4 is 4.74 Å². The molecule has 1 aliphatic heterocycles. The number of hydrogen-bond acceptors (Lipinski definition) is 5. The van der Waals surface area contributed by atoms with Crippen LogP contribution in [0.2, 0.25) is 0 Å². The number of methoxy groups -OCH3 is 1. The lowest BCUT2D eigenvalue weighted by Crippen LogP contribution is -2.07. The molecule has 0 bridgehead atoms. The van der Waals surface area contributed by atoms with Crippen molar-refractivity contribution in [2.45, 2.75) is 4.90 Å². The van der Waals surface area contributed by atoms with Gasteiger partial charge < -0.3 is 9.47 Å². The summed E-state index contributed by atoms with van der Waals surface area (Å²) in [6, 6.07) is 20.0. The smallest absolute Gasteiger partial charge is 0.337 e.